The molecule has 2 aliphatic heterocycles. The maximum atomic E-state index is 13.1. The van der Waals surface area contributed by atoms with E-state index in [0.717, 1.165) is 16.0 Å². The number of nitrogens with one attached hydrogen (secondary N) is 1. The summed E-state index contributed by atoms with van der Waals surface area (Å²) in [6.07, 6.45) is 1.04. The molecule has 1 fully saturated rings. The van der Waals surface area contributed by atoms with Gasteiger partial charge in [0.15, 0.2) is 0 Å². The summed E-state index contributed by atoms with van der Waals surface area (Å²) in [4.78, 5) is 53.2. The fourth-order valence-corrected chi connectivity index (χ4v) is 4.25. The Bertz CT molecular complexity index is 1060. The molecule has 166 valence electrons. The van der Waals surface area contributed by atoms with Crippen LogP contribution in [0.5, 0.6) is 0 Å². The number of aliphatic carboxylic acids is 1. The predicted molar refractivity (Wildman–Crippen MR) is 117 cm³/mol. The van der Waals surface area contributed by atoms with E-state index < -0.39 is 30.0 Å². The van der Waals surface area contributed by atoms with Crippen molar-refractivity contribution < 1.29 is 24.3 Å². The topological polar surface area (TPSA) is 107 Å². The zero-order valence-corrected chi connectivity index (χ0v) is 17.9. The molecule has 32 heavy (non-hydrogen) atoms. The van der Waals surface area contributed by atoms with Gasteiger partial charge in [0.25, 0.3) is 11.8 Å². The number of carbonyl (C=O) groups is 4. The molecule has 2 N–H and O–H groups in total. The van der Waals surface area contributed by atoms with E-state index in [1.165, 1.54) is 12.1 Å². The fraction of sp³-hybridized carbons (Fsp3) is 0.333. The number of imide groups is 1. The van der Waals surface area contributed by atoms with Crippen LogP contribution in [0.15, 0.2) is 48.5 Å². The van der Waals surface area contributed by atoms with Crippen LogP contribution in [-0.2, 0) is 22.6 Å². The molecule has 2 aromatic rings. The Labute approximate surface area is 185 Å². The van der Waals surface area contributed by atoms with Crippen molar-refractivity contribution in [2.24, 2.45) is 5.92 Å². The highest BCUT2D eigenvalue weighted by molar-refractivity contribution is 6.21. The quantitative estimate of drug-likeness (QED) is 0.679. The first-order chi connectivity index (χ1) is 15.3. The Hall–Kier alpha value is -3.68. The van der Waals surface area contributed by atoms with Crippen molar-refractivity contribution in [3.8, 4) is 0 Å². The third kappa shape index (κ3) is 3.72. The Kier molecular flexibility index (Phi) is 5.69. The predicted octanol–water partition coefficient (Wildman–Crippen LogP) is 2.81. The second-order valence-electron chi connectivity index (χ2n) is 8.30. The van der Waals surface area contributed by atoms with Crippen LogP contribution in [0.1, 0.15) is 41.8 Å². The molecular formula is C24H25N3O5. The number of hydrogen-bond donors (Lipinski definition) is 2. The highest BCUT2D eigenvalue weighted by atomic mass is 16.4. The monoisotopic (exact) mass is 435 g/mol. The van der Waals surface area contributed by atoms with Crippen LogP contribution < -0.4 is 10.2 Å². The molecule has 2 aromatic carbocycles. The molecule has 8 nitrogen and oxygen atoms in total. The molecule has 2 aliphatic rings. The van der Waals surface area contributed by atoms with Crippen molar-refractivity contribution in [3.05, 3.63) is 65.2 Å². The first-order valence-electron chi connectivity index (χ1n) is 10.7. The van der Waals surface area contributed by atoms with E-state index in [9.17, 15) is 24.3 Å². The minimum atomic E-state index is -1.11. The fourth-order valence-electron chi connectivity index (χ4n) is 4.25. The van der Waals surface area contributed by atoms with E-state index >= 15 is 0 Å². The Morgan fingerprint density at radius 1 is 1.12 bits per heavy atom. The summed E-state index contributed by atoms with van der Waals surface area (Å²) < 4.78 is 0. The van der Waals surface area contributed by atoms with Gasteiger partial charge in [0.2, 0.25) is 0 Å². The number of amides is 4. The van der Waals surface area contributed by atoms with E-state index in [1.54, 1.807) is 24.0 Å². The molecule has 8 heteroatoms. The minimum absolute atomic E-state index is 0.186. The van der Waals surface area contributed by atoms with Gasteiger partial charge < -0.3 is 15.3 Å². The third-order valence-electron chi connectivity index (χ3n) is 6.32. The number of rotatable bonds is 6. The number of nitrogens with zero attached hydrogens (tertiary/aromatic N) is 2. The van der Waals surface area contributed by atoms with E-state index in [2.05, 4.69) is 5.32 Å². The molecule has 0 aliphatic carbocycles. The van der Waals surface area contributed by atoms with Gasteiger partial charge in [-0.1, -0.05) is 50.6 Å². The molecule has 4 amide bonds. The maximum absolute atomic E-state index is 13.1. The zero-order chi connectivity index (χ0) is 23.0. The minimum Gasteiger partial charge on any atom is -0.480 e. The van der Waals surface area contributed by atoms with Crippen LogP contribution in [0.2, 0.25) is 0 Å². The molecule has 0 bridgehead atoms. The summed E-state index contributed by atoms with van der Waals surface area (Å²) in [6, 6.07) is 11.9. The summed E-state index contributed by atoms with van der Waals surface area (Å²) in [5.74, 6) is -2.25. The van der Waals surface area contributed by atoms with Gasteiger partial charge in [0, 0.05) is 18.5 Å². The van der Waals surface area contributed by atoms with Crippen LogP contribution in [0.25, 0.3) is 0 Å². The summed E-state index contributed by atoms with van der Waals surface area (Å²) >= 11 is 0. The van der Waals surface area contributed by atoms with Gasteiger partial charge in [-0.05, 0) is 35.2 Å². The molecule has 1 saturated heterocycles. The summed E-state index contributed by atoms with van der Waals surface area (Å²) in [5, 5.41) is 12.0. The van der Waals surface area contributed by atoms with Crippen LogP contribution in [-0.4, -0.2) is 45.9 Å². The summed E-state index contributed by atoms with van der Waals surface area (Å²) in [6.45, 7) is 3.97. The van der Waals surface area contributed by atoms with Crippen molar-refractivity contribution in [2.45, 2.75) is 45.3 Å². The second kappa shape index (κ2) is 8.45. The maximum Gasteiger partial charge on any atom is 0.332 e. The zero-order valence-electron chi connectivity index (χ0n) is 17.9. The van der Waals surface area contributed by atoms with E-state index in [4.69, 9.17) is 0 Å². The van der Waals surface area contributed by atoms with Crippen molar-refractivity contribution in [2.75, 3.05) is 4.90 Å². The van der Waals surface area contributed by atoms with Crippen LogP contribution in [0.3, 0.4) is 0 Å². The Morgan fingerprint density at radius 2 is 1.84 bits per heavy atom. The van der Waals surface area contributed by atoms with Gasteiger partial charge in [-0.3, -0.25) is 9.59 Å². The van der Waals surface area contributed by atoms with Crippen molar-refractivity contribution >= 4 is 29.5 Å². The molecule has 0 unspecified atom stereocenters. The number of urea groups is 1. The standard InChI is InChI=1S/C24H25N3O5/c1-3-14(2)20(23(30)31)25-21(28)16-9-6-10-18(11-16)27-22(29)19-12-15-7-4-5-8-17(15)13-26(19)24(27)32/h4-11,14,19-20H,3,12-13H2,1-2H3,(H,25,28)(H,30,31)/t14-,19+,20+/m1/s1. The van der Waals surface area contributed by atoms with Gasteiger partial charge in [0.05, 0.1) is 5.69 Å². The normalized spacial score (nSPS) is 19.2. The molecule has 2 heterocycles. The Balaban J connectivity index is 1.57. The number of carbonyl (C=O) groups excluding carboxylic acids is 3. The lowest BCUT2D eigenvalue weighted by Crippen LogP contribution is -2.45. The Morgan fingerprint density at radius 3 is 2.53 bits per heavy atom. The van der Waals surface area contributed by atoms with Crippen LogP contribution in [0.4, 0.5) is 10.5 Å². The molecule has 0 saturated carbocycles. The van der Waals surface area contributed by atoms with Gasteiger partial charge in [-0.25, -0.2) is 14.5 Å². The lowest BCUT2D eigenvalue weighted by molar-refractivity contribution is -0.140. The van der Waals surface area contributed by atoms with Gasteiger partial charge in [-0.15, -0.1) is 0 Å². The summed E-state index contributed by atoms with van der Waals surface area (Å²) in [7, 11) is 0. The largest absolute Gasteiger partial charge is 0.480 e. The number of anilines is 1. The van der Waals surface area contributed by atoms with Crippen LogP contribution >= 0.6 is 0 Å². The average molecular weight is 435 g/mol. The molecule has 3 atom stereocenters. The summed E-state index contributed by atoms with van der Waals surface area (Å²) in [5.41, 5.74) is 2.55. The molecule has 0 radical (unpaired) electrons. The first-order valence-corrected chi connectivity index (χ1v) is 10.7. The number of fused-ring (bicyclic) bond motifs is 2. The number of benzene rings is 2. The SMILES string of the molecule is CC[C@@H](C)[C@H](NC(=O)c1cccc(N2C(=O)[C@@H]3Cc4ccccc4CN3C2=O)c1)C(=O)O. The number of hydrogen-bond acceptors (Lipinski definition) is 4. The van der Waals surface area contributed by atoms with E-state index in [1.807, 2.05) is 31.2 Å². The molecule has 0 aromatic heterocycles. The number of carboxylic acid groups (broad SMARTS) is 1. The lowest BCUT2D eigenvalue weighted by Gasteiger charge is -2.28. The van der Waals surface area contributed by atoms with E-state index in [0.29, 0.717) is 25.1 Å². The van der Waals surface area contributed by atoms with Crippen molar-refractivity contribution in [1.29, 1.82) is 0 Å². The van der Waals surface area contributed by atoms with Crippen LogP contribution in [0, 0.1) is 5.92 Å². The lowest BCUT2D eigenvalue weighted by atomic mass is 9.95. The van der Waals surface area contributed by atoms with E-state index in [-0.39, 0.29) is 17.4 Å². The number of carboxylic acids is 1. The highest BCUT2D eigenvalue weighted by Crippen LogP contribution is 2.33. The second-order valence-corrected chi connectivity index (χ2v) is 8.30. The van der Waals surface area contributed by atoms with Crippen molar-refractivity contribution in [3.63, 3.8) is 0 Å². The van der Waals surface area contributed by atoms with Gasteiger partial charge >= 0.3 is 12.0 Å². The molecule has 0 spiro atoms. The third-order valence-corrected chi connectivity index (χ3v) is 6.32. The molecule has 4 rings (SSSR count). The highest BCUT2D eigenvalue weighted by Gasteiger charge is 2.47. The average Bonchev–Trinajstić information content (AvgIpc) is 3.04. The van der Waals surface area contributed by atoms with Gasteiger partial charge in [0.1, 0.15) is 12.1 Å². The van der Waals surface area contributed by atoms with Crippen molar-refractivity contribution in [1.82, 2.24) is 10.2 Å². The molecular weight excluding hydrogens is 410 g/mol. The first kappa shape index (κ1) is 21.5. The van der Waals surface area contributed by atoms with Gasteiger partial charge in [-0.2, -0.15) is 0 Å². The smallest absolute Gasteiger partial charge is 0.332 e.